The van der Waals surface area contributed by atoms with E-state index in [9.17, 15) is 20.1 Å². The van der Waals surface area contributed by atoms with E-state index in [0.717, 1.165) is 10.0 Å². The normalized spacial score (nSPS) is 23.3. The molecule has 0 amide bonds. The van der Waals surface area contributed by atoms with Gasteiger partial charge in [0.1, 0.15) is 24.1 Å². The number of halogens is 1. The Labute approximate surface area is 188 Å². The topological polar surface area (TPSA) is 193 Å². The van der Waals surface area contributed by atoms with Crippen molar-refractivity contribution in [3.05, 3.63) is 38.6 Å². The van der Waals surface area contributed by atoms with Crippen molar-refractivity contribution >= 4 is 45.2 Å². The summed E-state index contributed by atoms with van der Waals surface area (Å²) < 4.78 is 12.8. The van der Waals surface area contributed by atoms with Gasteiger partial charge >= 0.3 is 0 Å². The van der Waals surface area contributed by atoms with Crippen LogP contribution in [0.2, 0.25) is 0 Å². The molecule has 1 aliphatic heterocycles. The van der Waals surface area contributed by atoms with Crippen LogP contribution in [0.25, 0.3) is 11.2 Å². The number of hydrazone groups is 1. The number of hydrogen-bond donors (Lipinski definition) is 6. The molecule has 1 aliphatic rings. The number of nitrogens with two attached hydrogens (primary N) is 1. The predicted molar refractivity (Wildman–Crippen MR) is 117 cm³/mol. The molecule has 2 aromatic heterocycles. The van der Waals surface area contributed by atoms with Crippen molar-refractivity contribution in [2.24, 2.45) is 5.10 Å². The highest BCUT2D eigenvalue weighted by Crippen LogP contribution is 2.34. The van der Waals surface area contributed by atoms with Crippen LogP contribution in [0.1, 0.15) is 11.8 Å². The average molecular weight is 510 g/mol. The van der Waals surface area contributed by atoms with Gasteiger partial charge in [0.15, 0.2) is 17.4 Å². The lowest BCUT2D eigenvalue weighted by atomic mass is 10.1. The molecule has 1 aromatic carbocycles. The third-order valence-corrected chi connectivity index (χ3v) is 5.51. The summed E-state index contributed by atoms with van der Waals surface area (Å²) in [5.41, 5.74) is 8.40. The summed E-state index contributed by atoms with van der Waals surface area (Å²) in [6.07, 6.45) is -3.56. The molecule has 0 bridgehead atoms. The minimum absolute atomic E-state index is 0.00210. The summed E-state index contributed by atoms with van der Waals surface area (Å²) in [7, 11) is 1.56. The minimum atomic E-state index is -1.44. The Morgan fingerprint density at radius 1 is 1.41 bits per heavy atom. The van der Waals surface area contributed by atoms with Gasteiger partial charge < -0.3 is 30.5 Å². The third kappa shape index (κ3) is 3.93. The van der Waals surface area contributed by atoms with Gasteiger partial charge in [0, 0.05) is 0 Å². The smallest absolute Gasteiger partial charge is 0.280 e. The first-order chi connectivity index (χ1) is 15.3. The molecule has 4 rings (SSSR count). The van der Waals surface area contributed by atoms with Gasteiger partial charge in [-0.15, -0.1) is 0 Å². The van der Waals surface area contributed by atoms with Crippen LogP contribution >= 0.6 is 15.9 Å². The SMILES string of the molecule is COc1ccc(/C=N\Nc2nc3c(=O)[nH]c(N)nc3n2[C@H]2O[C@@H](CO)[C@@H](O)[C@@H]2O)cc1Br. The van der Waals surface area contributed by atoms with Gasteiger partial charge in [-0.3, -0.25) is 14.3 Å². The fraction of sp³-hybridized carbons (Fsp3) is 0.333. The van der Waals surface area contributed by atoms with Gasteiger partial charge in [-0.05, 0) is 39.7 Å². The molecule has 14 heteroatoms. The van der Waals surface area contributed by atoms with Crippen LogP contribution in [-0.4, -0.2) is 73.1 Å². The maximum absolute atomic E-state index is 12.3. The summed E-state index contributed by atoms with van der Waals surface area (Å²) in [6.45, 7) is -0.523. The van der Waals surface area contributed by atoms with E-state index in [0.29, 0.717) is 5.75 Å². The molecule has 0 unspecified atom stereocenters. The number of ether oxygens (including phenoxy) is 2. The number of rotatable bonds is 6. The summed E-state index contributed by atoms with van der Waals surface area (Å²) >= 11 is 3.39. The van der Waals surface area contributed by atoms with Crippen molar-refractivity contribution in [3.63, 3.8) is 0 Å². The van der Waals surface area contributed by atoms with Crippen LogP contribution in [0.3, 0.4) is 0 Å². The Hall–Kier alpha value is -3.04. The van der Waals surface area contributed by atoms with E-state index in [1.54, 1.807) is 25.3 Å². The van der Waals surface area contributed by atoms with Crippen molar-refractivity contribution in [2.75, 3.05) is 24.9 Å². The van der Waals surface area contributed by atoms with Crippen molar-refractivity contribution in [3.8, 4) is 5.75 Å². The number of nitrogens with one attached hydrogen (secondary N) is 2. The molecule has 1 fully saturated rings. The summed E-state index contributed by atoms with van der Waals surface area (Å²) in [5.74, 6) is 0.486. The summed E-state index contributed by atoms with van der Waals surface area (Å²) in [6, 6.07) is 5.31. The third-order valence-electron chi connectivity index (χ3n) is 4.89. The molecule has 1 saturated heterocycles. The zero-order valence-corrected chi connectivity index (χ0v) is 18.2. The number of imidazole rings is 1. The van der Waals surface area contributed by atoms with E-state index in [1.807, 2.05) is 0 Å². The van der Waals surface area contributed by atoms with Crippen molar-refractivity contribution in [1.29, 1.82) is 0 Å². The van der Waals surface area contributed by atoms with Crippen molar-refractivity contribution in [1.82, 2.24) is 19.5 Å². The lowest BCUT2D eigenvalue weighted by molar-refractivity contribution is -0.0501. The Bertz CT molecular complexity index is 1230. The van der Waals surface area contributed by atoms with Crippen molar-refractivity contribution in [2.45, 2.75) is 24.5 Å². The molecule has 0 aliphatic carbocycles. The van der Waals surface area contributed by atoms with Crippen LogP contribution in [0.15, 0.2) is 32.6 Å². The van der Waals surface area contributed by atoms with E-state index in [1.165, 1.54) is 10.8 Å². The van der Waals surface area contributed by atoms with Crippen LogP contribution in [0.4, 0.5) is 11.9 Å². The molecule has 7 N–H and O–H groups in total. The number of anilines is 2. The number of H-pyrrole nitrogens is 1. The number of aliphatic hydroxyl groups excluding tert-OH is 3. The minimum Gasteiger partial charge on any atom is -0.496 e. The second kappa shape index (κ2) is 8.84. The average Bonchev–Trinajstić information content (AvgIpc) is 3.25. The highest BCUT2D eigenvalue weighted by molar-refractivity contribution is 9.10. The van der Waals surface area contributed by atoms with Gasteiger partial charge in [-0.1, -0.05) is 0 Å². The van der Waals surface area contributed by atoms with Crippen LogP contribution in [0.5, 0.6) is 5.75 Å². The van der Waals surface area contributed by atoms with Gasteiger partial charge in [-0.25, -0.2) is 10.4 Å². The number of aliphatic hydroxyl groups is 3. The molecule has 3 heterocycles. The second-order valence-corrected chi connectivity index (χ2v) is 7.78. The molecule has 0 saturated carbocycles. The molecule has 0 spiro atoms. The van der Waals surface area contributed by atoms with E-state index in [-0.39, 0.29) is 23.1 Å². The van der Waals surface area contributed by atoms with Crippen LogP contribution in [0, 0.1) is 0 Å². The lowest BCUT2D eigenvalue weighted by Gasteiger charge is -2.18. The highest BCUT2D eigenvalue weighted by Gasteiger charge is 2.45. The monoisotopic (exact) mass is 509 g/mol. The van der Waals surface area contributed by atoms with Crippen LogP contribution < -0.4 is 21.5 Å². The number of aromatic nitrogens is 4. The summed E-state index contributed by atoms with van der Waals surface area (Å²) in [4.78, 5) is 22.9. The number of benzene rings is 1. The molecule has 32 heavy (non-hydrogen) atoms. The van der Waals surface area contributed by atoms with Gasteiger partial charge in [0.25, 0.3) is 5.56 Å². The predicted octanol–water partition coefficient (Wildman–Crippen LogP) is -0.470. The first kappa shape index (κ1) is 22.2. The van der Waals surface area contributed by atoms with Gasteiger partial charge in [0.2, 0.25) is 11.9 Å². The molecule has 0 radical (unpaired) electrons. The maximum Gasteiger partial charge on any atom is 0.280 e. The largest absolute Gasteiger partial charge is 0.496 e. The fourth-order valence-corrected chi connectivity index (χ4v) is 3.90. The standard InChI is InChI=1S/C18H20BrN7O6/c1-31-9-3-2-7(4-8(9)19)5-21-25-18-22-11-14(23-17(20)24-15(11)30)26(18)16-13(29)12(28)10(6-27)32-16/h2-5,10,12-13,16,27-29H,6H2,1H3,(H,22,25)(H3,20,23,24,30)/b21-5-/t10-,12+,13-,16-/m0/s1. The number of hydrogen-bond acceptors (Lipinski definition) is 11. The van der Waals surface area contributed by atoms with Crippen molar-refractivity contribution < 1.29 is 24.8 Å². The lowest BCUT2D eigenvalue weighted by Crippen LogP contribution is -2.33. The molecule has 13 nitrogen and oxygen atoms in total. The number of nitrogens with zero attached hydrogens (tertiary/aromatic N) is 4. The Balaban J connectivity index is 1.73. The van der Waals surface area contributed by atoms with E-state index in [4.69, 9.17) is 15.2 Å². The second-order valence-electron chi connectivity index (χ2n) is 6.92. The number of nitrogen functional groups attached to an aromatic ring is 1. The molecular weight excluding hydrogens is 490 g/mol. The van der Waals surface area contributed by atoms with E-state index >= 15 is 0 Å². The quantitative estimate of drug-likeness (QED) is 0.187. The molecular formula is C18H20BrN7O6. The van der Waals surface area contributed by atoms with E-state index < -0.39 is 36.7 Å². The maximum atomic E-state index is 12.3. The summed E-state index contributed by atoms with van der Waals surface area (Å²) in [5, 5.41) is 34.2. The fourth-order valence-electron chi connectivity index (χ4n) is 3.34. The number of fused-ring (bicyclic) bond motifs is 1. The molecule has 170 valence electrons. The zero-order valence-electron chi connectivity index (χ0n) is 16.6. The molecule has 4 atom stereocenters. The Morgan fingerprint density at radius 2 is 2.19 bits per heavy atom. The number of aromatic amines is 1. The van der Waals surface area contributed by atoms with Gasteiger partial charge in [0.05, 0.1) is 24.4 Å². The highest BCUT2D eigenvalue weighted by atomic mass is 79.9. The first-order valence-corrected chi connectivity index (χ1v) is 10.2. The number of methoxy groups -OCH3 is 1. The Morgan fingerprint density at radius 3 is 2.84 bits per heavy atom. The van der Waals surface area contributed by atoms with Crippen LogP contribution in [-0.2, 0) is 4.74 Å². The van der Waals surface area contributed by atoms with Gasteiger partial charge in [-0.2, -0.15) is 10.1 Å². The molecule has 3 aromatic rings. The van der Waals surface area contributed by atoms with E-state index in [2.05, 4.69) is 41.4 Å². The first-order valence-electron chi connectivity index (χ1n) is 9.36. The zero-order chi connectivity index (χ0) is 23.0. The Kier molecular flexibility index (Phi) is 6.12.